The Balaban J connectivity index is 1.79. The van der Waals surface area contributed by atoms with Crippen LogP contribution < -0.4 is 10.6 Å². The number of anilines is 1. The molecule has 146 valence electrons. The molecule has 2 aromatic carbocycles. The molecule has 4 amide bonds. The average Bonchev–Trinajstić information content (AvgIpc) is 2.90. The molecule has 1 fully saturated rings. The second-order valence-corrected chi connectivity index (χ2v) is 6.95. The fourth-order valence-corrected chi connectivity index (χ4v) is 3.43. The van der Waals surface area contributed by atoms with Gasteiger partial charge >= 0.3 is 6.03 Å². The van der Waals surface area contributed by atoms with Crippen molar-refractivity contribution in [2.75, 3.05) is 11.9 Å². The van der Waals surface area contributed by atoms with Gasteiger partial charge in [-0.05, 0) is 49.6 Å². The van der Waals surface area contributed by atoms with Gasteiger partial charge in [-0.2, -0.15) is 0 Å². The maximum absolute atomic E-state index is 13.3. The molecule has 1 aliphatic rings. The Kier molecular flexibility index (Phi) is 5.18. The summed E-state index contributed by atoms with van der Waals surface area (Å²) in [6.07, 6.45) is 0.276. The molecule has 0 aliphatic carbocycles. The summed E-state index contributed by atoms with van der Waals surface area (Å²) in [5.41, 5.74) is 1.76. The van der Waals surface area contributed by atoms with Gasteiger partial charge in [-0.25, -0.2) is 9.18 Å². The van der Waals surface area contributed by atoms with Gasteiger partial charge in [0.1, 0.15) is 17.9 Å². The average molecular weight is 383 g/mol. The van der Waals surface area contributed by atoms with E-state index in [9.17, 15) is 18.8 Å². The zero-order valence-corrected chi connectivity index (χ0v) is 16.0. The molecule has 1 saturated heterocycles. The van der Waals surface area contributed by atoms with E-state index < -0.39 is 35.7 Å². The number of carbonyl (C=O) groups is 3. The molecule has 1 heterocycles. The van der Waals surface area contributed by atoms with Gasteiger partial charge in [-0.1, -0.05) is 36.8 Å². The molecule has 2 N–H and O–H groups in total. The topological polar surface area (TPSA) is 78.5 Å². The van der Waals surface area contributed by atoms with E-state index >= 15 is 0 Å². The smallest absolute Gasteiger partial charge is 0.324 e. The van der Waals surface area contributed by atoms with Crippen molar-refractivity contribution in [3.8, 4) is 0 Å². The highest BCUT2D eigenvalue weighted by atomic mass is 19.1. The summed E-state index contributed by atoms with van der Waals surface area (Å²) in [5, 5.41) is 5.41. The van der Waals surface area contributed by atoms with Gasteiger partial charge in [0.15, 0.2) is 0 Å². The lowest BCUT2D eigenvalue weighted by Gasteiger charge is -2.25. The fraction of sp³-hybridized carbons (Fsp3) is 0.286. The first kappa shape index (κ1) is 19.5. The quantitative estimate of drug-likeness (QED) is 0.778. The number of nitrogens with zero attached hydrogens (tertiary/aromatic N) is 1. The minimum absolute atomic E-state index is 0.276. The number of aryl methyl sites for hydroxylation is 2. The first-order valence-corrected chi connectivity index (χ1v) is 9.04. The van der Waals surface area contributed by atoms with E-state index in [-0.39, 0.29) is 6.42 Å². The molecule has 1 atom stereocenters. The number of carbonyl (C=O) groups excluding carboxylic acids is 3. The Hall–Kier alpha value is -3.22. The van der Waals surface area contributed by atoms with Crippen molar-refractivity contribution in [2.45, 2.75) is 32.7 Å². The molecule has 3 rings (SSSR count). The van der Waals surface area contributed by atoms with Crippen LogP contribution in [0.5, 0.6) is 0 Å². The number of imide groups is 1. The second kappa shape index (κ2) is 7.42. The maximum atomic E-state index is 13.3. The van der Waals surface area contributed by atoms with Crippen LogP contribution in [-0.4, -0.2) is 29.3 Å². The molecule has 0 spiro atoms. The number of hydrogen-bond donors (Lipinski definition) is 2. The van der Waals surface area contributed by atoms with Crippen LogP contribution in [0.1, 0.15) is 30.0 Å². The Morgan fingerprint density at radius 2 is 1.82 bits per heavy atom. The number of benzene rings is 2. The highest BCUT2D eigenvalue weighted by Gasteiger charge is 2.51. The second-order valence-electron chi connectivity index (χ2n) is 6.95. The van der Waals surface area contributed by atoms with E-state index in [1.54, 1.807) is 13.0 Å². The van der Waals surface area contributed by atoms with Crippen LogP contribution in [0.15, 0.2) is 42.5 Å². The largest absolute Gasteiger partial charge is 0.325 e. The highest BCUT2D eigenvalue weighted by Crippen LogP contribution is 2.32. The van der Waals surface area contributed by atoms with Crippen molar-refractivity contribution in [1.29, 1.82) is 0 Å². The molecule has 0 aromatic heterocycles. The number of urea groups is 1. The summed E-state index contributed by atoms with van der Waals surface area (Å²) in [4.78, 5) is 38.8. The monoisotopic (exact) mass is 383 g/mol. The lowest BCUT2D eigenvalue weighted by Crippen LogP contribution is -2.44. The normalized spacial score (nSPS) is 18.9. The van der Waals surface area contributed by atoms with Gasteiger partial charge in [0.05, 0.1) is 0 Å². The van der Waals surface area contributed by atoms with Crippen LogP contribution in [0.2, 0.25) is 0 Å². The summed E-state index contributed by atoms with van der Waals surface area (Å²) >= 11 is 0. The Labute approximate surface area is 162 Å². The van der Waals surface area contributed by atoms with E-state index in [2.05, 4.69) is 10.6 Å². The van der Waals surface area contributed by atoms with Crippen molar-refractivity contribution < 1.29 is 18.8 Å². The summed E-state index contributed by atoms with van der Waals surface area (Å²) in [7, 11) is 0. The zero-order chi connectivity index (χ0) is 20.5. The van der Waals surface area contributed by atoms with Gasteiger partial charge < -0.3 is 10.6 Å². The van der Waals surface area contributed by atoms with E-state index in [1.807, 2.05) is 26.0 Å². The Morgan fingerprint density at radius 1 is 1.14 bits per heavy atom. The number of halogens is 1. The molecule has 0 bridgehead atoms. The van der Waals surface area contributed by atoms with Gasteiger partial charge in [0.25, 0.3) is 5.91 Å². The van der Waals surface area contributed by atoms with E-state index in [0.717, 1.165) is 16.0 Å². The maximum Gasteiger partial charge on any atom is 0.325 e. The van der Waals surface area contributed by atoms with Crippen molar-refractivity contribution in [2.24, 2.45) is 0 Å². The lowest BCUT2D eigenvalue weighted by molar-refractivity contribution is -0.134. The van der Waals surface area contributed by atoms with Crippen LogP contribution >= 0.6 is 0 Å². The lowest BCUT2D eigenvalue weighted by atomic mass is 9.87. The van der Waals surface area contributed by atoms with Crippen LogP contribution in [0.3, 0.4) is 0 Å². The van der Waals surface area contributed by atoms with Gasteiger partial charge in [0, 0.05) is 5.69 Å². The van der Waals surface area contributed by atoms with Crippen LogP contribution in [0.25, 0.3) is 0 Å². The Bertz CT molecular complexity index is 942. The van der Waals surface area contributed by atoms with E-state index in [0.29, 0.717) is 11.3 Å². The van der Waals surface area contributed by atoms with Gasteiger partial charge in [-0.3, -0.25) is 14.5 Å². The summed E-state index contributed by atoms with van der Waals surface area (Å²) < 4.78 is 13.3. The molecule has 0 saturated carbocycles. The van der Waals surface area contributed by atoms with Crippen molar-refractivity contribution in [1.82, 2.24) is 10.2 Å². The predicted molar refractivity (Wildman–Crippen MR) is 103 cm³/mol. The Morgan fingerprint density at radius 3 is 2.43 bits per heavy atom. The molecule has 7 heteroatoms. The van der Waals surface area contributed by atoms with Crippen molar-refractivity contribution >= 4 is 23.5 Å². The van der Waals surface area contributed by atoms with Gasteiger partial charge in [-0.15, -0.1) is 0 Å². The number of amides is 4. The van der Waals surface area contributed by atoms with Gasteiger partial charge in [0.2, 0.25) is 5.91 Å². The number of nitrogens with one attached hydrogen (secondary N) is 2. The molecule has 1 aliphatic heterocycles. The molecular formula is C21H22FN3O3. The molecular weight excluding hydrogens is 361 g/mol. The summed E-state index contributed by atoms with van der Waals surface area (Å²) in [6.45, 7) is 5.17. The van der Waals surface area contributed by atoms with Crippen molar-refractivity contribution in [3.05, 3.63) is 65.0 Å². The first-order valence-electron chi connectivity index (χ1n) is 9.04. The molecule has 28 heavy (non-hydrogen) atoms. The van der Waals surface area contributed by atoms with E-state index in [1.165, 1.54) is 24.3 Å². The summed E-state index contributed by atoms with van der Waals surface area (Å²) in [5.74, 6) is -1.43. The predicted octanol–water partition coefficient (Wildman–Crippen LogP) is 3.24. The highest BCUT2D eigenvalue weighted by molar-refractivity contribution is 6.10. The third-order valence-corrected chi connectivity index (χ3v) is 5.00. The number of hydrogen-bond acceptors (Lipinski definition) is 3. The molecule has 6 nitrogen and oxygen atoms in total. The molecule has 2 aromatic rings. The van der Waals surface area contributed by atoms with Crippen LogP contribution in [0, 0.1) is 19.7 Å². The van der Waals surface area contributed by atoms with E-state index in [4.69, 9.17) is 0 Å². The molecule has 0 radical (unpaired) electrons. The third kappa shape index (κ3) is 3.47. The first-order chi connectivity index (χ1) is 13.3. The molecule has 0 unspecified atom stereocenters. The zero-order valence-electron chi connectivity index (χ0n) is 16.0. The van der Waals surface area contributed by atoms with Crippen molar-refractivity contribution in [3.63, 3.8) is 0 Å². The van der Waals surface area contributed by atoms with Crippen LogP contribution in [-0.2, 0) is 15.1 Å². The fourth-order valence-electron chi connectivity index (χ4n) is 3.43. The summed E-state index contributed by atoms with van der Waals surface area (Å²) in [6, 6.07) is 10.3. The third-order valence-electron chi connectivity index (χ3n) is 5.00. The number of rotatable bonds is 5. The minimum Gasteiger partial charge on any atom is -0.324 e. The minimum atomic E-state index is -1.30. The van der Waals surface area contributed by atoms with Crippen LogP contribution in [0.4, 0.5) is 14.9 Å². The SMILES string of the molecule is CC[C@@]1(c2ccc(F)cc2)NC(=O)N(CC(=O)Nc2ccc(C)cc2C)C1=O. The standard InChI is InChI=1S/C21H22FN3O3/c1-4-21(15-6-8-16(22)9-7-15)19(27)25(20(28)24-21)12-18(26)23-17-10-5-13(2)11-14(17)3/h5-11H,4,12H2,1-3H3,(H,23,26)(H,24,28)/t21-/m0/s1.